The van der Waals surface area contributed by atoms with Crippen LogP contribution < -0.4 is 10.3 Å². The molecule has 6 heteroatoms. The summed E-state index contributed by atoms with van der Waals surface area (Å²) < 4.78 is 15.5. The SMILES string of the molecule is O=c1c2cc(F)ccc2sc2cnc3cccc(N4CCN(Cc5ccccc5)CC4)c3c12. The molecule has 1 fully saturated rings. The highest BCUT2D eigenvalue weighted by atomic mass is 32.1. The van der Waals surface area contributed by atoms with Crippen molar-refractivity contribution in [2.45, 2.75) is 6.54 Å². The number of nitrogens with zero attached hydrogens (tertiary/aromatic N) is 3. The van der Waals surface area contributed by atoms with Crippen LogP contribution in [-0.4, -0.2) is 36.1 Å². The normalized spacial score (nSPS) is 15.0. The van der Waals surface area contributed by atoms with Crippen molar-refractivity contribution in [2.75, 3.05) is 31.1 Å². The molecule has 0 spiro atoms. The van der Waals surface area contributed by atoms with Gasteiger partial charge < -0.3 is 4.90 Å². The molecule has 4 nitrogen and oxygen atoms in total. The minimum absolute atomic E-state index is 0.124. The maximum absolute atomic E-state index is 13.9. The minimum atomic E-state index is -0.390. The van der Waals surface area contributed by atoms with E-state index < -0.39 is 0 Å². The molecule has 1 saturated heterocycles. The maximum atomic E-state index is 13.9. The van der Waals surface area contributed by atoms with E-state index in [-0.39, 0.29) is 11.2 Å². The van der Waals surface area contributed by atoms with Crippen LogP contribution in [0.3, 0.4) is 0 Å². The molecule has 2 aromatic heterocycles. The number of anilines is 1. The van der Waals surface area contributed by atoms with E-state index in [1.165, 1.54) is 29.0 Å². The van der Waals surface area contributed by atoms with Gasteiger partial charge in [-0.2, -0.15) is 0 Å². The molecule has 33 heavy (non-hydrogen) atoms. The van der Waals surface area contributed by atoms with Crippen LogP contribution in [-0.2, 0) is 6.54 Å². The molecule has 0 aliphatic carbocycles. The van der Waals surface area contributed by atoms with E-state index in [4.69, 9.17) is 0 Å². The number of pyridine rings is 1. The lowest BCUT2D eigenvalue weighted by Crippen LogP contribution is -2.46. The number of aromatic nitrogens is 1. The van der Waals surface area contributed by atoms with Crippen molar-refractivity contribution < 1.29 is 4.39 Å². The smallest absolute Gasteiger partial charge is 0.196 e. The van der Waals surface area contributed by atoms with Crippen molar-refractivity contribution in [1.29, 1.82) is 0 Å². The van der Waals surface area contributed by atoms with Gasteiger partial charge in [0.1, 0.15) is 5.82 Å². The summed E-state index contributed by atoms with van der Waals surface area (Å²) in [5.41, 5.74) is 3.03. The molecule has 0 amide bonds. The van der Waals surface area contributed by atoms with Crippen molar-refractivity contribution >= 4 is 48.1 Å². The van der Waals surface area contributed by atoms with Gasteiger partial charge in [-0.15, -0.1) is 11.3 Å². The fourth-order valence-electron chi connectivity index (χ4n) is 4.78. The van der Waals surface area contributed by atoms with Gasteiger partial charge in [0.25, 0.3) is 0 Å². The maximum Gasteiger partial charge on any atom is 0.196 e. The second kappa shape index (κ2) is 8.21. The Morgan fingerprint density at radius 2 is 1.70 bits per heavy atom. The highest BCUT2D eigenvalue weighted by molar-refractivity contribution is 7.24. The summed E-state index contributed by atoms with van der Waals surface area (Å²) in [6.45, 7) is 4.60. The monoisotopic (exact) mass is 455 g/mol. The first-order valence-electron chi connectivity index (χ1n) is 11.1. The first kappa shape index (κ1) is 20.3. The molecule has 164 valence electrons. The Kier molecular flexibility index (Phi) is 5.04. The standard InChI is InChI=1S/C27H22FN3OS/c28-19-9-10-23-20(15-19)27(32)26-24(33-23)16-29-21-7-4-8-22(25(21)26)31-13-11-30(12-14-31)17-18-5-2-1-3-6-18/h1-10,15-16H,11-14,17H2. The van der Waals surface area contributed by atoms with Crippen molar-refractivity contribution in [3.05, 3.63) is 94.5 Å². The van der Waals surface area contributed by atoms with Gasteiger partial charge in [-0.1, -0.05) is 36.4 Å². The van der Waals surface area contributed by atoms with Crippen LogP contribution in [0, 0.1) is 5.82 Å². The average molecular weight is 456 g/mol. The molecular weight excluding hydrogens is 433 g/mol. The minimum Gasteiger partial charge on any atom is -0.368 e. The summed E-state index contributed by atoms with van der Waals surface area (Å²) >= 11 is 1.49. The number of halogens is 1. The van der Waals surface area contributed by atoms with E-state index >= 15 is 0 Å². The third-order valence-corrected chi connectivity index (χ3v) is 7.54. The number of hydrogen-bond donors (Lipinski definition) is 0. The highest BCUT2D eigenvalue weighted by Crippen LogP contribution is 2.35. The van der Waals surface area contributed by atoms with Crippen molar-refractivity contribution in [2.24, 2.45) is 0 Å². The van der Waals surface area contributed by atoms with Gasteiger partial charge in [-0.3, -0.25) is 14.7 Å². The zero-order chi connectivity index (χ0) is 22.4. The van der Waals surface area contributed by atoms with E-state index in [9.17, 15) is 9.18 Å². The van der Waals surface area contributed by atoms with Crippen LogP contribution in [0.15, 0.2) is 77.7 Å². The third-order valence-electron chi connectivity index (χ3n) is 6.43. The van der Waals surface area contributed by atoms with Gasteiger partial charge >= 0.3 is 0 Å². The molecule has 0 radical (unpaired) electrons. The van der Waals surface area contributed by atoms with Crippen LogP contribution in [0.25, 0.3) is 31.1 Å². The van der Waals surface area contributed by atoms with Crippen molar-refractivity contribution in [3.63, 3.8) is 0 Å². The summed E-state index contributed by atoms with van der Waals surface area (Å²) in [4.78, 5) is 23.0. The Morgan fingerprint density at radius 1 is 0.879 bits per heavy atom. The predicted octanol–water partition coefficient (Wildman–Crippen LogP) is 5.42. The average Bonchev–Trinajstić information content (AvgIpc) is 2.85. The van der Waals surface area contributed by atoms with Gasteiger partial charge in [0.2, 0.25) is 0 Å². The Morgan fingerprint density at radius 3 is 2.52 bits per heavy atom. The highest BCUT2D eigenvalue weighted by Gasteiger charge is 2.21. The molecule has 3 aromatic carbocycles. The largest absolute Gasteiger partial charge is 0.368 e. The zero-order valence-electron chi connectivity index (χ0n) is 18.0. The number of benzene rings is 3. The van der Waals surface area contributed by atoms with E-state index in [0.717, 1.165) is 58.7 Å². The Bertz CT molecular complexity index is 1540. The first-order chi connectivity index (χ1) is 16.2. The Balaban J connectivity index is 1.42. The molecular formula is C27H22FN3OS. The van der Waals surface area contributed by atoms with Crippen molar-refractivity contribution in [1.82, 2.24) is 9.88 Å². The molecule has 0 unspecified atom stereocenters. The molecule has 1 aliphatic rings. The second-order valence-corrected chi connectivity index (χ2v) is 9.57. The van der Waals surface area contributed by atoms with Gasteiger partial charge in [-0.25, -0.2) is 4.39 Å². The van der Waals surface area contributed by atoms with E-state index in [1.54, 1.807) is 12.3 Å². The molecule has 1 aliphatic heterocycles. The molecule has 0 atom stereocenters. The predicted molar refractivity (Wildman–Crippen MR) is 135 cm³/mol. The van der Waals surface area contributed by atoms with E-state index in [0.29, 0.717) is 10.8 Å². The summed E-state index contributed by atoms with van der Waals surface area (Å²) in [5.74, 6) is -0.390. The van der Waals surface area contributed by atoms with Crippen molar-refractivity contribution in [3.8, 4) is 0 Å². The third kappa shape index (κ3) is 3.65. The van der Waals surface area contributed by atoms with Crippen LogP contribution in [0.4, 0.5) is 10.1 Å². The quantitative estimate of drug-likeness (QED) is 0.269. The van der Waals surface area contributed by atoms with E-state index in [2.05, 4.69) is 45.1 Å². The fourth-order valence-corrected chi connectivity index (χ4v) is 5.82. The Labute approximate surface area is 194 Å². The number of hydrogen-bond acceptors (Lipinski definition) is 5. The first-order valence-corrected chi connectivity index (χ1v) is 11.9. The summed E-state index contributed by atoms with van der Waals surface area (Å²) in [6.07, 6.45) is 1.77. The number of fused-ring (bicyclic) bond motifs is 4. The van der Waals surface area contributed by atoms with E-state index in [1.807, 2.05) is 18.2 Å². The number of piperazine rings is 1. The topological polar surface area (TPSA) is 36.4 Å². The zero-order valence-corrected chi connectivity index (χ0v) is 18.8. The lowest BCUT2D eigenvalue weighted by atomic mass is 10.1. The summed E-state index contributed by atoms with van der Waals surface area (Å²) in [7, 11) is 0. The molecule has 0 N–H and O–H groups in total. The van der Waals surface area contributed by atoms with Crippen LogP contribution in [0.2, 0.25) is 0 Å². The van der Waals surface area contributed by atoms with Gasteiger partial charge in [-0.05, 0) is 35.9 Å². The molecule has 0 saturated carbocycles. The van der Waals surface area contributed by atoms with Crippen LogP contribution in [0.1, 0.15) is 5.56 Å². The molecule has 3 heterocycles. The van der Waals surface area contributed by atoms with Crippen LogP contribution >= 0.6 is 11.3 Å². The second-order valence-electron chi connectivity index (χ2n) is 8.49. The van der Waals surface area contributed by atoms with Crippen LogP contribution in [0.5, 0.6) is 0 Å². The molecule has 6 rings (SSSR count). The Hall–Kier alpha value is -3.35. The lowest BCUT2D eigenvalue weighted by Gasteiger charge is -2.36. The summed E-state index contributed by atoms with van der Waals surface area (Å²) in [5, 5.41) is 1.95. The van der Waals surface area contributed by atoms with Gasteiger partial charge in [0, 0.05) is 60.1 Å². The molecule has 0 bridgehead atoms. The fraction of sp³-hybridized carbons (Fsp3) is 0.185. The van der Waals surface area contributed by atoms with Gasteiger partial charge in [0.05, 0.1) is 15.6 Å². The number of rotatable bonds is 3. The summed E-state index contributed by atoms with van der Waals surface area (Å²) in [6, 6.07) is 21.0. The van der Waals surface area contributed by atoms with Gasteiger partial charge in [0.15, 0.2) is 5.43 Å². The lowest BCUT2D eigenvalue weighted by molar-refractivity contribution is 0.250. The molecule has 5 aromatic rings.